The van der Waals surface area contributed by atoms with Gasteiger partial charge in [-0.1, -0.05) is 35.0 Å². The van der Waals surface area contributed by atoms with Gasteiger partial charge in [0.25, 0.3) is 0 Å². The van der Waals surface area contributed by atoms with Crippen LogP contribution in [0, 0.1) is 12.8 Å². The van der Waals surface area contributed by atoms with Gasteiger partial charge in [0.15, 0.2) is 0 Å². The van der Waals surface area contributed by atoms with E-state index in [-0.39, 0.29) is 11.8 Å². The number of carbonyl (C=O) groups excluding carboxylic acids is 1. The lowest BCUT2D eigenvalue weighted by Gasteiger charge is -2.14. The molecule has 132 valence electrons. The molecule has 3 aromatic rings. The van der Waals surface area contributed by atoms with Crippen LogP contribution in [0.5, 0.6) is 0 Å². The third-order valence-corrected chi connectivity index (χ3v) is 4.71. The van der Waals surface area contributed by atoms with E-state index in [9.17, 15) is 4.79 Å². The molecule has 0 bridgehead atoms. The lowest BCUT2D eigenvalue weighted by molar-refractivity contribution is -0.132. The summed E-state index contributed by atoms with van der Waals surface area (Å²) >= 11 is 0. The summed E-state index contributed by atoms with van der Waals surface area (Å²) in [6.07, 6.45) is 4.27. The van der Waals surface area contributed by atoms with Crippen LogP contribution < -0.4 is 0 Å². The number of carbonyl (C=O) groups is 1. The minimum Gasteiger partial charge on any atom is -0.337 e. The Morgan fingerprint density at radius 1 is 1.31 bits per heavy atom. The van der Waals surface area contributed by atoms with Gasteiger partial charge in [-0.05, 0) is 37.0 Å². The molecule has 0 saturated heterocycles. The van der Waals surface area contributed by atoms with Crippen LogP contribution in [-0.2, 0) is 11.3 Å². The minimum atomic E-state index is 0.0440. The van der Waals surface area contributed by atoms with Crippen molar-refractivity contribution < 1.29 is 9.32 Å². The van der Waals surface area contributed by atoms with E-state index in [4.69, 9.17) is 4.52 Å². The zero-order valence-electron chi connectivity index (χ0n) is 14.8. The molecule has 2 heterocycles. The van der Waals surface area contributed by atoms with Crippen molar-refractivity contribution in [3.63, 3.8) is 0 Å². The average Bonchev–Trinajstić information content (AvgIpc) is 3.33. The molecular formula is C20H20N4O2. The van der Waals surface area contributed by atoms with Gasteiger partial charge >= 0.3 is 0 Å². The molecule has 0 N–H and O–H groups in total. The summed E-state index contributed by atoms with van der Waals surface area (Å²) in [7, 11) is 1.78. The molecular weight excluding hydrogens is 328 g/mol. The highest BCUT2D eigenvalue weighted by Gasteiger charge is 2.45. The van der Waals surface area contributed by atoms with Crippen molar-refractivity contribution in [2.24, 2.45) is 5.92 Å². The number of nitrogens with zero attached hydrogens (tertiary/aromatic N) is 4. The first kappa shape index (κ1) is 16.4. The second-order valence-electron chi connectivity index (χ2n) is 6.81. The molecule has 0 spiro atoms. The molecule has 1 amide bonds. The molecule has 1 saturated carbocycles. The molecule has 1 aromatic carbocycles. The Bertz CT molecular complexity index is 922. The summed E-state index contributed by atoms with van der Waals surface area (Å²) in [5.74, 6) is 1.39. The van der Waals surface area contributed by atoms with Crippen molar-refractivity contribution in [2.75, 3.05) is 7.05 Å². The highest BCUT2D eigenvalue weighted by Crippen LogP contribution is 2.48. The lowest BCUT2D eigenvalue weighted by atomic mass is 10.1. The van der Waals surface area contributed by atoms with Crippen LogP contribution in [0.4, 0.5) is 0 Å². The van der Waals surface area contributed by atoms with E-state index in [0.717, 1.165) is 12.0 Å². The van der Waals surface area contributed by atoms with E-state index in [1.807, 2.05) is 18.2 Å². The van der Waals surface area contributed by atoms with E-state index in [1.165, 1.54) is 11.1 Å². The number of aryl methyl sites for hydroxylation is 1. The van der Waals surface area contributed by atoms with Crippen LogP contribution in [-0.4, -0.2) is 33.0 Å². The number of amides is 1. The van der Waals surface area contributed by atoms with E-state index in [2.05, 4.69) is 40.2 Å². The van der Waals surface area contributed by atoms with Gasteiger partial charge in [-0.15, -0.1) is 0 Å². The van der Waals surface area contributed by atoms with Crippen molar-refractivity contribution in [1.29, 1.82) is 0 Å². The van der Waals surface area contributed by atoms with Gasteiger partial charge in [0.05, 0.1) is 6.54 Å². The maximum absolute atomic E-state index is 12.7. The third-order valence-electron chi connectivity index (χ3n) is 4.71. The fourth-order valence-corrected chi connectivity index (χ4v) is 3.23. The summed E-state index contributed by atoms with van der Waals surface area (Å²) in [5.41, 5.74) is 3.26. The van der Waals surface area contributed by atoms with Gasteiger partial charge in [-0.25, -0.2) is 0 Å². The van der Waals surface area contributed by atoms with Crippen LogP contribution in [0.25, 0.3) is 11.4 Å². The van der Waals surface area contributed by atoms with Crippen LogP contribution >= 0.6 is 0 Å². The number of rotatable bonds is 5. The Hall–Kier alpha value is -3.02. The van der Waals surface area contributed by atoms with Crippen molar-refractivity contribution in [3.05, 3.63) is 65.8 Å². The molecule has 26 heavy (non-hydrogen) atoms. The van der Waals surface area contributed by atoms with Crippen LogP contribution in [0.1, 0.15) is 29.4 Å². The van der Waals surface area contributed by atoms with Crippen LogP contribution in [0.15, 0.2) is 53.3 Å². The predicted octanol–water partition coefficient (Wildman–Crippen LogP) is 3.20. The van der Waals surface area contributed by atoms with E-state index in [0.29, 0.717) is 24.2 Å². The van der Waals surface area contributed by atoms with Crippen LogP contribution in [0.2, 0.25) is 0 Å². The maximum Gasteiger partial charge on any atom is 0.246 e. The minimum absolute atomic E-state index is 0.0440. The van der Waals surface area contributed by atoms with Crippen molar-refractivity contribution in [3.8, 4) is 11.4 Å². The zero-order chi connectivity index (χ0) is 18.1. The molecule has 6 heteroatoms. The standard InChI is InChI=1S/C20H20N4O2/c1-13-5-3-6-14(9-13)16-10-17(16)20(25)24(2)12-18-22-19(23-26-18)15-7-4-8-21-11-15/h3-9,11,16-17H,10,12H2,1-2H3/t16-,17+/m0/s1. The molecule has 6 nitrogen and oxygen atoms in total. The second-order valence-corrected chi connectivity index (χ2v) is 6.81. The fourth-order valence-electron chi connectivity index (χ4n) is 3.23. The Kier molecular flexibility index (Phi) is 4.24. The molecule has 1 fully saturated rings. The van der Waals surface area contributed by atoms with E-state index in [1.54, 1.807) is 24.3 Å². The molecule has 0 unspecified atom stereocenters. The first-order valence-corrected chi connectivity index (χ1v) is 8.66. The van der Waals surface area contributed by atoms with Gasteiger partial charge in [-0.3, -0.25) is 9.78 Å². The van der Waals surface area contributed by atoms with Gasteiger partial charge in [-0.2, -0.15) is 4.98 Å². The smallest absolute Gasteiger partial charge is 0.246 e. The Balaban J connectivity index is 1.39. The Morgan fingerprint density at radius 3 is 2.96 bits per heavy atom. The number of benzene rings is 1. The van der Waals surface area contributed by atoms with Gasteiger partial charge in [0.1, 0.15) is 0 Å². The quantitative estimate of drug-likeness (QED) is 0.708. The average molecular weight is 348 g/mol. The topological polar surface area (TPSA) is 72.1 Å². The lowest BCUT2D eigenvalue weighted by Crippen LogP contribution is -2.28. The normalized spacial score (nSPS) is 18.5. The SMILES string of the molecule is Cc1cccc([C@@H]2C[C@H]2C(=O)N(C)Cc2nc(-c3cccnc3)no2)c1. The molecule has 2 aromatic heterocycles. The predicted molar refractivity (Wildman–Crippen MR) is 96.0 cm³/mol. The van der Waals surface area contributed by atoms with Crippen molar-refractivity contribution >= 4 is 5.91 Å². The summed E-state index contributed by atoms with van der Waals surface area (Å²) in [5, 5.41) is 3.97. The monoisotopic (exact) mass is 348 g/mol. The highest BCUT2D eigenvalue weighted by atomic mass is 16.5. The maximum atomic E-state index is 12.7. The largest absolute Gasteiger partial charge is 0.337 e. The molecule has 2 atom stereocenters. The van der Waals surface area contributed by atoms with E-state index >= 15 is 0 Å². The highest BCUT2D eigenvalue weighted by molar-refractivity contribution is 5.82. The van der Waals surface area contributed by atoms with Crippen molar-refractivity contribution in [2.45, 2.75) is 25.8 Å². The van der Waals surface area contributed by atoms with Gasteiger partial charge in [0, 0.05) is 30.9 Å². The second kappa shape index (κ2) is 6.71. The molecule has 0 aliphatic heterocycles. The summed E-state index contributed by atoms with van der Waals surface area (Å²) < 4.78 is 5.28. The third kappa shape index (κ3) is 3.35. The Morgan fingerprint density at radius 2 is 2.19 bits per heavy atom. The fraction of sp³-hybridized carbons (Fsp3) is 0.300. The summed E-state index contributed by atoms with van der Waals surface area (Å²) in [6.45, 7) is 2.38. The Labute approximate surface area is 151 Å². The summed E-state index contributed by atoms with van der Waals surface area (Å²) in [6, 6.07) is 12.1. The van der Waals surface area contributed by atoms with Gasteiger partial charge in [0.2, 0.25) is 17.6 Å². The molecule has 0 radical (unpaired) electrons. The van der Waals surface area contributed by atoms with Crippen molar-refractivity contribution in [1.82, 2.24) is 20.0 Å². The number of hydrogen-bond donors (Lipinski definition) is 0. The first-order valence-electron chi connectivity index (χ1n) is 8.66. The number of aromatic nitrogens is 3. The number of hydrogen-bond acceptors (Lipinski definition) is 5. The molecule has 1 aliphatic carbocycles. The summed E-state index contributed by atoms with van der Waals surface area (Å²) in [4.78, 5) is 22.8. The first-order chi connectivity index (χ1) is 12.6. The number of pyridine rings is 1. The van der Waals surface area contributed by atoms with Gasteiger partial charge < -0.3 is 9.42 Å². The molecule has 1 aliphatic rings. The molecule has 4 rings (SSSR count). The zero-order valence-corrected chi connectivity index (χ0v) is 14.8. The van der Waals surface area contributed by atoms with Crippen LogP contribution in [0.3, 0.4) is 0 Å². The van der Waals surface area contributed by atoms with E-state index < -0.39 is 0 Å².